The van der Waals surface area contributed by atoms with Crippen LogP contribution in [0.15, 0.2) is 18.2 Å². The molecule has 4 nitrogen and oxygen atoms in total. The molecule has 2 atom stereocenters. The largest absolute Gasteiger partial charge is 0.274 e. The fraction of sp³-hybridized carbons (Fsp3) is 0.250. The van der Waals surface area contributed by atoms with Gasteiger partial charge in [-0.25, -0.2) is 9.29 Å². The van der Waals surface area contributed by atoms with E-state index < -0.39 is 5.82 Å². The quantitative estimate of drug-likeness (QED) is 0.681. The molecule has 2 amide bonds. The van der Waals surface area contributed by atoms with Gasteiger partial charge in [-0.05, 0) is 18.6 Å². The SMILES string of the molecule is N#Cc1c(F)cccc1N1C(=O)C2CC2C1=O. The molecule has 1 aliphatic carbocycles. The molecule has 1 aromatic rings. The Hall–Kier alpha value is -2.22. The van der Waals surface area contributed by atoms with Crippen molar-refractivity contribution in [3.63, 3.8) is 0 Å². The third kappa shape index (κ3) is 1.21. The number of piperidine rings is 1. The highest BCUT2D eigenvalue weighted by atomic mass is 19.1. The van der Waals surface area contributed by atoms with Crippen LogP contribution in [0.5, 0.6) is 0 Å². The predicted molar refractivity (Wildman–Crippen MR) is 55.2 cm³/mol. The van der Waals surface area contributed by atoms with Crippen LogP contribution in [0.4, 0.5) is 10.1 Å². The topological polar surface area (TPSA) is 61.2 Å². The number of carbonyl (C=O) groups excluding carboxylic acids is 2. The van der Waals surface area contributed by atoms with Crippen LogP contribution in [0, 0.1) is 29.0 Å². The van der Waals surface area contributed by atoms with Crippen LogP contribution in [0.1, 0.15) is 12.0 Å². The summed E-state index contributed by atoms with van der Waals surface area (Å²) in [5, 5.41) is 8.87. The number of fused-ring (bicyclic) bond motifs is 1. The van der Waals surface area contributed by atoms with E-state index in [1.807, 2.05) is 0 Å². The first-order valence-corrected chi connectivity index (χ1v) is 5.21. The first-order valence-electron chi connectivity index (χ1n) is 5.21. The number of hydrogen-bond donors (Lipinski definition) is 0. The lowest BCUT2D eigenvalue weighted by molar-refractivity contribution is -0.123. The number of anilines is 1. The highest BCUT2D eigenvalue weighted by molar-refractivity contribution is 6.25. The van der Waals surface area contributed by atoms with Gasteiger partial charge >= 0.3 is 0 Å². The van der Waals surface area contributed by atoms with E-state index in [-0.39, 0.29) is 34.9 Å². The number of hydrogen-bond acceptors (Lipinski definition) is 3. The Balaban J connectivity index is 2.12. The van der Waals surface area contributed by atoms with Crippen molar-refractivity contribution >= 4 is 17.5 Å². The Morgan fingerprint density at radius 3 is 2.53 bits per heavy atom. The van der Waals surface area contributed by atoms with Crippen molar-refractivity contribution in [3.05, 3.63) is 29.6 Å². The lowest BCUT2D eigenvalue weighted by atomic mass is 10.1. The van der Waals surface area contributed by atoms with Gasteiger partial charge in [0.1, 0.15) is 17.4 Å². The molecular weight excluding hydrogens is 223 g/mol. The number of benzene rings is 1. The summed E-state index contributed by atoms with van der Waals surface area (Å²) in [5.41, 5.74) is -0.190. The standard InChI is InChI=1S/C12H7FN2O2/c13-9-2-1-3-10(8(9)5-14)15-11(16)6-4-7(6)12(15)17/h1-3,6-7H,4H2. The van der Waals surface area contributed by atoms with Crippen LogP contribution in [0.2, 0.25) is 0 Å². The van der Waals surface area contributed by atoms with Crippen molar-refractivity contribution in [2.24, 2.45) is 11.8 Å². The van der Waals surface area contributed by atoms with Crippen LogP contribution in [-0.2, 0) is 9.59 Å². The maximum atomic E-state index is 13.4. The number of nitrogens with zero attached hydrogens (tertiary/aromatic N) is 2. The first-order chi connectivity index (χ1) is 8.15. The molecule has 0 spiro atoms. The van der Waals surface area contributed by atoms with Gasteiger partial charge < -0.3 is 0 Å². The Morgan fingerprint density at radius 1 is 1.29 bits per heavy atom. The zero-order valence-corrected chi connectivity index (χ0v) is 8.68. The van der Waals surface area contributed by atoms with E-state index >= 15 is 0 Å². The molecule has 3 rings (SSSR count). The van der Waals surface area contributed by atoms with E-state index in [2.05, 4.69) is 0 Å². The summed E-state index contributed by atoms with van der Waals surface area (Å²) in [4.78, 5) is 24.6. The molecule has 1 aliphatic heterocycles. The molecule has 1 saturated heterocycles. The summed E-state index contributed by atoms with van der Waals surface area (Å²) in [6.07, 6.45) is 0.589. The normalized spacial score (nSPS) is 25.8. The van der Waals surface area contributed by atoms with Crippen LogP contribution < -0.4 is 4.90 Å². The maximum Gasteiger partial charge on any atom is 0.237 e. The number of imide groups is 1. The second-order valence-electron chi connectivity index (χ2n) is 4.21. The molecule has 0 radical (unpaired) electrons. The van der Waals surface area contributed by atoms with Gasteiger partial charge in [-0.2, -0.15) is 5.26 Å². The summed E-state index contributed by atoms with van der Waals surface area (Å²) < 4.78 is 13.4. The van der Waals surface area contributed by atoms with Gasteiger partial charge in [-0.15, -0.1) is 0 Å². The molecule has 17 heavy (non-hydrogen) atoms. The van der Waals surface area contributed by atoms with Crippen molar-refractivity contribution in [1.29, 1.82) is 5.26 Å². The highest BCUT2D eigenvalue weighted by Crippen LogP contribution is 2.48. The molecule has 84 valence electrons. The van der Waals surface area contributed by atoms with Crippen molar-refractivity contribution in [2.45, 2.75) is 6.42 Å². The summed E-state index contributed by atoms with van der Waals surface area (Å²) in [6.45, 7) is 0. The van der Waals surface area contributed by atoms with Crippen LogP contribution in [0.25, 0.3) is 0 Å². The van der Waals surface area contributed by atoms with Gasteiger partial charge in [0.05, 0.1) is 17.5 Å². The number of rotatable bonds is 1. The minimum Gasteiger partial charge on any atom is -0.274 e. The van der Waals surface area contributed by atoms with E-state index in [9.17, 15) is 14.0 Å². The molecule has 2 fully saturated rings. The van der Waals surface area contributed by atoms with Crippen molar-refractivity contribution < 1.29 is 14.0 Å². The zero-order valence-electron chi connectivity index (χ0n) is 8.68. The summed E-state index contributed by atoms with van der Waals surface area (Å²) >= 11 is 0. The minimum absolute atomic E-state index is 0.0645. The monoisotopic (exact) mass is 230 g/mol. The molecule has 1 aromatic carbocycles. The van der Waals surface area contributed by atoms with E-state index in [0.717, 1.165) is 11.0 Å². The lowest BCUT2D eigenvalue weighted by Gasteiger charge is -2.17. The zero-order chi connectivity index (χ0) is 12.2. The number of nitriles is 1. The molecule has 1 heterocycles. The van der Waals surface area contributed by atoms with Gasteiger partial charge in [0.25, 0.3) is 0 Å². The Kier molecular flexibility index (Phi) is 1.84. The van der Waals surface area contributed by atoms with Gasteiger partial charge in [-0.3, -0.25) is 9.59 Å². The summed E-state index contributed by atoms with van der Waals surface area (Å²) in [6, 6.07) is 5.63. The second-order valence-corrected chi connectivity index (χ2v) is 4.21. The fourth-order valence-electron chi connectivity index (χ4n) is 2.23. The average molecular weight is 230 g/mol. The smallest absolute Gasteiger partial charge is 0.237 e. The molecular formula is C12H7FN2O2. The minimum atomic E-state index is -0.717. The summed E-state index contributed by atoms with van der Waals surface area (Å²) in [5.74, 6) is -1.86. The Morgan fingerprint density at radius 2 is 1.94 bits per heavy atom. The second kappa shape index (κ2) is 3.14. The lowest BCUT2D eigenvalue weighted by Crippen LogP contribution is -2.33. The van der Waals surface area contributed by atoms with E-state index in [1.54, 1.807) is 6.07 Å². The van der Waals surface area contributed by atoms with Crippen LogP contribution in [0.3, 0.4) is 0 Å². The van der Waals surface area contributed by atoms with E-state index in [4.69, 9.17) is 5.26 Å². The number of carbonyl (C=O) groups is 2. The summed E-state index contributed by atoms with van der Waals surface area (Å²) in [7, 11) is 0. The molecule has 0 N–H and O–H groups in total. The maximum absolute atomic E-state index is 13.4. The number of amides is 2. The van der Waals surface area contributed by atoms with Crippen LogP contribution in [-0.4, -0.2) is 11.8 Å². The average Bonchev–Trinajstić information content (AvgIpc) is 3.04. The Bertz CT molecular complexity index is 571. The van der Waals surface area contributed by atoms with Gasteiger partial charge in [0.15, 0.2) is 0 Å². The molecule has 5 heteroatoms. The van der Waals surface area contributed by atoms with Crippen molar-refractivity contribution in [2.75, 3.05) is 4.90 Å². The fourth-order valence-corrected chi connectivity index (χ4v) is 2.23. The number of halogens is 1. The molecule has 2 aliphatic rings. The van der Waals surface area contributed by atoms with Crippen molar-refractivity contribution in [1.82, 2.24) is 0 Å². The van der Waals surface area contributed by atoms with Crippen molar-refractivity contribution in [3.8, 4) is 6.07 Å². The third-order valence-electron chi connectivity index (χ3n) is 3.21. The first kappa shape index (κ1) is 9.97. The van der Waals surface area contributed by atoms with E-state index in [1.165, 1.54) is 12.1 Å². The third-order valence-corrected chi connectivity index (χ3v) is 3.21. The molecule has 0 aromatic heterocycles. The van der Waals surface area contributed by atoms with Gasteiger partial charge in [-0.1, -0.05) is 6.07 Å². The highest BCUT2D eigenvalue weighted by Gasteiger charge is 2.59. The molecule has 2 unspecified atom stereocenters. The van der Waals surface area contributed by atoms with Gasteiger partial charge in [0, 0.05) is 0 Å². The molecule has 0 bridgehead atoms. The molecule has 1 saturated carbocycles. The Labute approximate surface area is 96.3 Å². The van der Waals surface area contributed by atoms with E-state index in [0.29, 0.717) is 6.42 Å². The van der Waals surface area contributed by atoms with Gasteiger partial charge in [0.2, 0.25) is 11.8 Å². The predicted octanol–water partition coefficient (Wildman–Crippen LogP) is 1.21. The van der Waals surface area contributed by atoms with Crippen LogP contribution >= 0.6 is 0 Å².